The lowest BCUT2D eigenvalue weighted by atomic mass is 10.0. The van der Waals surface area contributed by atoms with Crippen LogP contribution in [0.15, 0.2) is 18.2 Å². The van der Waals surface area contributed by atoms with Gasteiger partial charge in [0.1, 0.15) is 0 Å². The van der Waals surface area contributed by atoms with Crippen molar-refractivity contribution in [1.29, 1.82) is 0 Å². The van der Waals surface area contributed by atoms with E-state index in [4.69, 9.17) is 10.5 Å². The van der Waals surface area contributed by atoms with E-state index in [-0.39, 0.29) is 24.2 Å². The first-order valence-electron chi connectivity index (χ1n) is 7.01. The van der Waals surface area contributed by atoms with Crippen molar-refractivity contribution >= 4 is 17.3 Å². The minimum atomic E-state index is -0.364. The summed E-state index contributed by atoms with van der Waals surface area (Å²) in [7, 11) is 1.59. The van der Waals surface area contributed by atoms with Gasteiger partial charge in [0.25, 0.3) is 5.91 Å². The van der Waals surface area contributed by atoms with Gasteiger partial charge >= 0.3 is 0 Å². The zero-order chi connectivity index (χ0) is 15.6. The molecule has 21 heavy (non-hydrogen) atoms. The molecule has 0 aliphatic carbocycles. The number of amides is 1. The summed E-state index contributed by atoms with van der Waals surface area (Å²) in [6, 6.07) is 5.27. The maximum Gasteiger partial charge on any atom is 0.251 e. The molecule has 1 amide bonds. The monoisotopic (exact) mass is 293 g/mol. The van der Waals surface area contributed by atoms with Gasteiger partial charge in [0.05, 0.1) is 29.7 Å². The maximum absolute atomic E-state index is 11.6. The Kier molecular flexibility index (Phi) is 4.39. The van der Waals surface area contributed by atoms with E-state index in [0.29, 0.717) is 24.3 Å². The van der Waals surface area contributed by atoms with Gasteiger partial charge in [-0.15, -0.1) is 0 Å². The number of rotatable bonds is 3. The molecule has 6 nitrogen and oxygen atoms in total. The Bertz CT molecular complexity index is 531. The van der Waals surface area contributed by atoms with Crippen LogP contribution in [-0.4, -0.2) is 49.5 Å². The number of carbonyl (C=O) groups is 1. The highest BCUT2D eigenvalue weighted by molar-refractivity contribution is 5.96. The Balaban J connectivity index is 2.26. The lowest BCUT2D eigenvalue weighted by Crippen LogP contribution is -2.54. The average molecular weight is 293 g/mol. The van der Waals surface area contributed by atoms with Crippen molar-refractivity contribution in [3.8, 4) is 0 Å². The van der Waals surface area contributed by atoms with Gasteiger partial charge in [-0.3, -0.25) is 4.79 Å². The summed E-state index contributed by atoms with van der Waals surface area (Å²) in [4.78, 5) is 13.7. The molecule has 1 aliphatic heterocycles. The van der Waals surface area contributed by atoms with E-state index in [1.54, 1.807) is 19.2 Å². The second-order valence-corrected chi connectivity index (χ2v) is 5.92. The van der Waals surface area contributed by atoms with Crippen molar-refractivity contribution in [3.63, 3.8) is 0 Å². The minimum absolute atomic E-state index is 0.0316. The fourth-order valence-corrected chi connectivity index (χ4v) is 2.70. The van der Waals surface area contributed by atoms with Gasteiger partial charge < -0.3 is 25.8 Å². The van der Waals surface area contributed by atoms with E-state index in [9.17, 15) is 9.90 Å². The molecule has 6 heteroatoms. The van der Waals surface area contributed by atoms with Crippen molar-refractivity contribution in [2.45, 2.75) is 25.6 Å². The summed E-state index contributed by atoms with van der Waals surface area (Å²) >= 11 is 0. The third kappa shape index (κ3) is 3.46. The number of morpholine rings is 1. The molecule has 1 aromatic rings. The molecule has 0 saturated carbocycles. The number of nitrogens with two attached hydrogens (primary N) is 1. The van der Waals surface area contributed by atoms with Crippen LogP contribution in [-0.2, 0) is 4.74 Å². The summed E-state index contributed by atoms with van der Waals surface area (Å²) in [6.45, 7) is 5.18. The van der Waals surface area contributed by atoms with E-state index in [1.807, 2.05) is 19.9 Å². The van der Waals surface area contributed by atoms with Crippen LogP contribution in [0.3, 0.4) is 0 Å². The third-order valence-electron chi connectivity index (χ3n) is 3.54. The van der Waals surface area contributed by atoms with Gasteiger partial charge in [0.2, 0.25) is 0 Å². The summed E-state index contributed by atoms with van der Waals surface area (Å²) in [5.41, 5.74) is 7.67. The number of nitrogens with zero attached hydrogens (tertiary/aromatic N) is 1. The lowest BCUT2D eigenvalue weighted by Gasteiger charge is -2.43. The topological polar surface area (TPSA) is 87.8 Å². The Morgan fingerprint density at radius 1 is 1.57 bits per heavy atom. The number of nitrogens with one attached hydrogen (secondary N) is 1. The molecule has 0 aromatic heterocycles. The fourth-order valence-electron chi connectivity index (χ4n) is 2.70. The molecule has 1 atom stereocenters. The average Bonchev–Trinajstić information content (AvgIpc) is 2.44. The zero-order valence-corrected chi connectivity index (χ0v) is 12.7. The molecule has 1 aromatic carbocycles. The molecule has 0 radical (unpaired) electrons. The molecule has 1 heterocycles. The Morgan fingerprint density at radius 3 is 2.86 bits per heavy atom. The number of hydrogen-bond donors (Lipinski definition) is 3. The van der Waals surface area contributed by atoms with Crippen molar-refractivity contribution < 1.29 is 14.6 Å². The van der Waals surface area contributed by atoms with Crippen LogP contribution in [0.25, 0.3) is 0 Å². The van der Waals surface area contributed by atoms with E-state index < -0.39 is 0 Å². The third-order valence-corrected chi connectivity index (χ3v) is 3.54. The fraction of sp³-hybridized carbons (Fsp3) is 0.533. The molecule has 1 unspecified atom stereocenters. The lowest BCUT2D eigenvalue weighted by molar-refractivity contribution is -0.100. The molecular formula is C15H23N3O3. The van der Waals surface area contributed by atoms with Gasteiger partial charge in [-0.05, 0) is 32.0 Å². The smallest absolute Gasteiger partial charge is 0.251 e. The van der Waals surface area contributed by atoms with Crippen LogP contribution in [0.1, 0.15) is 24.2 Å². The summed E-state index contributed by atoms with van der Waals surface area (Å²) in [6.07, 6.45) is -0.244. The maximum atomic E-state index is 11.6. The second kappa shape index (κ2) is 5.91. The molecular weight excluding hydrogens is 270 g/mol. The summed E-state index contributed by atoms with van der Waals surface area (Å²) < 4.78 is 5.80. The zero-order valence-electron chi connectivity index (χ0n) is 12.7. The van der Waals surface area contributed by atoms with Crippen molar-refractivity contribution in [3.05, 3.63) is 23.8 Å². The first kappa shape index (κ1) is 15.6. The molecule has 4 N–H and O–H groups in total. The molecule has 116 valence electrons. The standard InChI is InChI=1S/C15H23N3O3/c1-15(2)9-18(7-11(8-19)21-15)13-5-4-10(6-12(13)16)14(20)17-3/h4-6,11,19H,7-9,16H2,1-3H3,(H,17,20). The van der Waals surface area contributed by atoms with Crippen LogP contribution < -0.4 is 16.0 Å². The van der Waals surface area contributed by atoms with Crippen molar-refractivity contribution in [1.82, 2.24) is 5.32 Å². The molecule has 1 fully saturated rings. The molecule has 1 aliphatic rings. The van der Waals surface area contributed by atoms with Crippen LogP contribution in [0.2, 0.25) is 0 Å². The van der Waals surface area contributed by atoms with Crippen LogP contribution in [0.5, 0.6) is 0 Å². The largest absolute Gasteiger partial charge is 0.397 e. The molecule has 2 rings (SSSR count). The number of anilines is 2. The number of hydrogen-bond acceptors (Lipinski definition) is 5. The minimum Gasteiger partial charge on any atom is -0.397 e. The molecule has 0 bridgehead atoms. The number of aliphatic hydroxyl groups excluding tert-OH is 1. The van der Waals surface area contributed by atoms with Gasteiger partial charge in [-0.2, -0.15) is 0 Å². The highest BCUT2D eigenvalue weighted by atomic mass is 16.5. The predicted molar refractivity (Wildman–Crippen MR) is 82.5 cm³/mol. The molecule has 0 spiro atoms. The number of carbonyl (C=O) groups excluding carboxylic acids is 1. The first-order valence-corrected chi connectivity index (χ1v) is 7.01. The van der Waals surface area contributed by atoms with E-state index in [0.717, 1.165) is 5.69 Å². The van der Waals surface area contributed by atoms with Gasteiger partial charge in [0.15, 0.2) is 0 Å². The van der Waals surface area contributed by atoms with Crippen molar-refractivity contribution in [2.75, 3.05) is 37.4 Å². The first-order chi connectivity index (χ1) is 9.86. The summed E-state index contributed by atoms with van der Waals surface area (Å²) in [5.74, 6) is -0.163. The van der Waals surface area contributed by atoms with E-state index in [2.05, 4.69) is 10.2 Å². The van der Waals surface area contributed by atoms with Gasteiger partial charge in [0, 0.05) is 25.7 Å². The Labute approximate surface area is 124 Å². The number of aliphatic hydroxyl groups is 1. The molecule has 1 saturated heterocycles. The van der Waals surface area contributed by atoms with Crippen LogP contribution in [0, 0.1) is 0 Å². The second-order valence-electron chi connectivity index (χ2n) is 5.92. The highest BCUT2D eigenvalue weighted by Gasteiger charge is 2.33. The van der Waals surface area contributed by atoms with Crippen LogP contribution >= 0.6 is 0 Å². The summed E-state index contributed by atoms with van der Waals surface area (Å²) in [5, 5.41) is 11.9. The Morgan fingerprint density at radius 2 is 2.29 bits per heavy atom. The number of nitrogen functional groups attached to an aromatic ring is 1. The number of benzene rings is 1. The SMILES string of the molecule is CNC(=O)c1ccc(N2CC(CO)OC(C)(C)C2)c(N)c1. The normalized spacial score (nSPS) is 21.1. The quantitative estimate of drug-likeness (QED) is 0.711. The van der Waals surface area contributed by atoms with E-state index in [1.165, 1.54) is 0 Å². The highest BCUT2D eigenvalue weighted by Crippen LogP contribution is 2.30. The predicted octanol–water partition coefficient (Wildman–Crippen LogP) is 0.604. The van der Waals surface area contributed by atoms with Crippen LogP contribution in [0.4, 0.5) is 11.4 Å². The van der Waals surface area contributed by atoms with Gasteiger partial charge in [-0.1, -0.05) is 0 Å². The van der Waals surface area contributed by atoms with Crippen molar-refractivity contribution in [2.24, 2.45) is 0 Å². The Hall–Kier alpha value is -1.79. The van der Waals surface area contributed by atoms with Gasteiger partial charge in [-0.25, -0.2) is 0 Å². The number of ether oxygens (including phenoxy) is 1. The van der Waals surface area contributed by atoms with E-state index >= 15 is 0 Å².